The van der Waals surface area contributed by atoms with E-state index < -0.39 is 0 Å². The Bertz CT molecular complexity index is 363. The number of hydrogen-bond donors (Lipinski definition) is 1. The third-order valence-corrected chi connectivity index (χ3v) is 3.50. The standard InChI is InChI=1S/C15H21N/c1-4-12(3)16-15-9-14(10-15)13-7-5-6-11(2)8-13/h4-8,12,14-16H,1,9-10H2,2-3H3. The molecule has 1 N–H and O–H groups in total. The highest BCUT2D eigenvalue weighted by molar-refractivity contribution is 5.27. The van der Waals surface area contributed by atoms with Crippen molar-refractivity contribution in [2.45, 2.75) is 44.7 Å². The van der Waals surface area contributed by atoms with Gasteiger partial charge in [0.25, 0.3) is 0 Å². The Kier molecular flexibility index (Phi) is 3.45. The highest BCUT2D eigenvalue weighted by Crippen LogP contribution is 2.37. The van der Waals surface area contributed by atoms with Crippen LogP contribution in [0.5, 0.6) is 0 Å². The first-order valence-electron chi connectivity index (χ1n) is 6.14. The molecule has 2 rings (SSSR count). The average molecular weight is 215 g/mol. The van der Waals surface area contributed by atoms with E-state index in [-0.39, 0.29) is 0 Å². The zero-order chi connectivity index (χ0) is 11.5. The van der Waals surface area contributed by atoms with Gasteiger partial charge in [-0.05, 0) is 38.2 Å². The van der Waals surface area contributed by atoms with Crippen LogP contribution >= 0.6 is 0 Å². The van der Waals surface area contributed by atoms with Crippen LogP contribution in [0.4, 0.5) is 0 Å². The summed E-state index contributed by atoms with van der Waals surface area (Å²) in [5.41, 5.74) is 2.87. The summed E-state index contributed by atoms with van der Waals surface area (Å²) in [6.07, 6.45) is 4.50. The Morgan fingerprint density at radius 3 is 2.81 bits per heavy atom. The van der Waals surface area contributed by atoms with E-state index >= 15 is 0 Å². The molecule has 0 saturated heterocycles. The lowest BCUT2D eigenvalue weighted by Crippen LogP contribution is -2.43. The molecule has 1 aromatic carbocycles. The number of rotatable bonds is 4. The van der Waals surface area contributed by atoms with Gasteiger partial charge in [0.2, 0.25) is 0 Å². The Hall–Kier alpha value is -1.08. The van der Waals surface area contributed by atoms with Crippen molar-refractivity contribution in [3.05, 3.63) is 48.0 Å². The molecule has 0 amide bonds. The summed E-state index contributed by atoms with van der Waals surface area (Å²) in [4.78, 5) is 0. The Labute approximate surface area is 98.6 Å². The van der Waals surface area contributed by atoms with Crippen molar-refractivity contribution in [3.63, 3.8) is 0 Å². The molecular formula is C15H21N. The predicted molar refractivity (Wildman–Crippen MR) is 69.7 cm³/mol. The van der Waals surface area contributed by atoms with Gasteiger partial charge in [0.05, 0.1) is 0 Å². The highest BCUT2D eigenvalue weighted by Gasteiger charge is 2.30. The topological polar surface area (TPSA) is 12.0 Å². The van der Waals surface area contributed by atoms with Gasteiger partial charge in [-0.2, -0.15) is 0 Å². The van der Waals surface area contributed by atoms with Crippen LogP contribution in [0.15, 0.2) is 36.9 Å². The first-order valence-corrected chi connectivity index (χ1v) is 6.14. The van der Waals surface area contributed by atoms with Gasteiger partial charge in [-0.3, -0.25) is 0 Å². The van der Waals surface area contributed by atoms with E-state index in [4.69, 9.17) is 0 Å². The zero-order valence-corrected chi connectivity index (χ0v) is 10.2. The summed E-state index contributed by atoms with van der Waals surface area (Å²) in [5.74, 6) is 0.759. The molecule has 1 aromatic rings. The smallest absolute Gasteiger partial charge is 0.0221 e. The normalized spacial score (nSPS) is 25.9. The zero-order valence-electron chi connectivity index (χ0n) is 10.2. The first-order chi connectivity index (χ1) is 7.69. The summed E-state index contributed by atoms with van der Waals surface area (Å²) in [7, 11) is 0. The maximum atomic E-state index is 3.80. The maximum Gasteiger partial charge on any atom is 0.0221 e. The molecular weight excluding hydrogens is 194 g/mol. The van der Waals surface area contributed by atoms with Gasteiger partial charge >= 0.3 is 0 Å². The minimum Gasteiger partial charge on any atom is -0.308 e. The second kappa shape index (κ2) is 4.84. The van der Waals surface area contributed by atoms with Crippen molar-refractivity contribution in [1.29, 1.82) is 0 Å². The third-order valence-electron chi connectivity index (χ3n) is 3.50. The van der Waals surface area contributed by atoms with Gasteiger partial charge in [0, 0.05) is 12.1 Å². The lowest BCUT2D eigenvalue weighted by molar-refractivity contribution is 0.282. The first kappa shape index (κ1) is 11.4. The van der Waals surface area contributed by atoms with Crippen molar-refractivity contribution in [2.75, 3.05) is 0 Å². The summed E-state index contributed by atoms with van der Waals surface area (Å²) >= 11 is 0. The second-order valence-corrected chi connectivity index (χ2v) is 4.97. The summed E-state index contributed by atoms with van der Waals surface area (Å²) in [6, 6.07) is 10.0. The molecule has 16 heavy (non-hydrogen) atoms. The third kappa shape index (κ3) is 2.53. The van der Waals surface area contributed by atoms with Gasteiger partial charge < -0.3 is 5.32 Å². The fourth-order valence-corrected chi connectivity index (χ4v) is 2.39. The molecule has 0 aromatic heterocycles. The van der Waals surface area contributed by atoms with E-state index in [1.165, 1.54) is 24.0 Å². The summed E-state index contributed by atoms with van der Waals surface area (Å²) in [6.45, 7) is 8.12. The molecule has 1 aliphatic carbocycles. The van der Waals surface area contributed by atoms with E-state index in [1.54, 1.807) is 0 Å². The molecule has 0 spiro atoms. The summed E-state index contributed by atoms with van der Waals surface area (Å²) < 4.78 is 0. The molecule has 1 heteroatoms. The van der Waals surface area contributed by atoms with Crippen molar-refractivity contribution in [3.8, 4) is 0 Å². The van der Waals surface area contributed by atoms with Gasteiger partial charge in [0.15, 0.2) is 0 Å². The number of nitrogens with one attached hydrogen (secondary N) is 1. The van der Waals surface area contributed by atoms with Crippen molar-refractivity contribution in [2.24, 2.45) is 0 Å². The van der Waals surface area contributed by atoms with Crippen LogP contribution in [0.2, 0.25) is 0 Å². The fraction of sp³-hybridized carbons (Fsp3) is 0.467. The van der Waals surface area contributed by atoms with Crippen LogP contribution in [0.25, 0.3) is 0 Å². The van der Waals surface area contributed by atoms with Gasteiger partial charge in [-0.25, -0.2) is 0 Å². The molecule has 1 aliphatic rings. The van der Waals surface area contributed by atoms with Crippen LogP contribution in [0, 0.1) is 6.92 Å². The van der Waals surface area contributed by atoms with E-state index in [2.05, 4.69) is 50.0 Å². The summed E-state index contributed by atoms with van der Waals surface area (Å²) in [5, 5.41) is 3.56. The Balaban J connectivity index is 1.86. The highest BCUT2D eigenvalue weighted by atomic mass is 15.0. The van der Waals surface area contributed by atoms with Gasteiger partial charge in [0.1, 0.15) is 0 Å². The predicted octanol–water partition coefficient (Wildman–Crippen LogP) is 3.41. The molecule has 1 nitrogen and oxygen atoms in total. The quantitative estimate of drug-likeness (QED) is 0.759. The largest absolute Gasteiger partial charge is 0.308 e. The molecule has 86 valence electrons. The van der Waals surface area contributed by atoms with Crippen LogP contribution < -0.4 is 5.32 Å². The Morgan fingerprint density at radius 1 is 1.44 bits per heavy atom. The second-order valence-electron chi connectivity index (χ2n) is 4.97. The van der Waals surface area contributed by atoms with Crippen molar-refractivity contribution >= 4 is 0 Å². The molecule has 1 saturated carbocycles. The van der Waals surface area contributed by atoms with Crippen LogP contribution in [-0.2, 0) is 0 Å². The SMILES string of the molecule is C=CC(C)NC1CC(c2cccc(C)c2)C1. The van der Waals surface area contributed by atoms with E-state index in [0.717, 1.165) is 5.92 Å². The van der Waals surface area contributed by atoms with Crippen LogP contribution in [0.1, 0.15) is 36.8 Å². The lowest BCUT2D eigenvalue weighted by atomic mass is 9.75. The van der Waals surface area contributed by atoms with Crippen molar-refractivity contribution < 1.29 is 0 Å². The number of benzene rings is 1. The minimum absolute atomic E-state index is 0.434. The van der Waals surface area contributed by atoms with E-state index in [0.29, 0.717) is 12.1 Å². The molecule has 1 unspecified atom stereocenters. The number of aryl methyl sites for hydroxylation is 1. The minimum atomic E-state index is 0.434. The molecule has 0 heterocycles. The molecule has 0 bridgehead atoms. The Morgan fingerprint density at radius 2 is 2.19 bits per heavy atom. The van der Waals surface area contributed by atoms with Crippen molar-refractivity contribution in [1.82, 2.24) is 5.32 Å². The molecule has 1 fully saturated rings. The van der Waals surface area contributed by atoms with E-state index in [1.807, 2.05) is 6.08 Å². The molecule has 0 aliphatic heterocycles. The molecule has 0 radical (unpaired) electrons. The monoisotopic (exact) mass is 215 g/mol. The maximum absolute atomic E-state index is 3.80. The number of hydrogen-bond acceptors (Lipinski definition) is 1. The van der Waals surface area contributed by atoms with E-state index in [9.17, 15) is 0 Å². The van der Waals surface area contributed by atoms with Crippen LogP contribution in [0.3, 0.4) is 0 Å². The lowest BCUT2D eigenvalue weighted by Gasteiger charge is -2.37. The molecule has 1 atom stereocenters. The van der Waals surface area contributed by atoms with Gasteiger partial charge in [-0.15, -0.1) is 6.58 Å². The fourth-order valence-electron chi connectivity index (χ4n) is 2.39. The average Bonchev–Trinajstić information content (AvgIpc) is 2.22. The van der Waals surface area contributed by atoms with Gasteiger partial charge in [-0.1, -0.05) is 35.9 Å². The van der Waals surface area contributed by atoms with Crippen LogP contribution in [-0.4, -0.2) is 12.1 Å².